The molecule has 39 heavy (non-hydrogen) atoms. The number of benzene rings is 3. The average molecular weight is 631 g/mol. The predicted octanol–water partition coefficient (Wildman–Crippen LogP) is 5.84. The number of amides is 2. The van der Waals surface area contributed by atoms with Crippen molar-refractivity contribution in [1.29, 1.82) is 0 Å². The molecule has 1 atom stereocenters. The summed E-state index contributed by atoms with van der Waals surface area (Å²) in [5.74, 6) is -0.986. The summed E-state index contributed by atoms with van der Waals surface area (Å²) >= 11 is 24.5. The molecular weight excluding hydrogens is 604 g/mol. The van der Waals surface area contributed by atoms with Crippen molar-refractivity contribution >= 4 is 73.9 Å². The molecule has 0 fully saturated rings. The SMILES string of the molecule is CCNC(=O)[C@H](Cc1ccccc1)N(Cc1ccc(Cl)c(Cl)c1)C(=O)CN(c1ccc(Cl)c(Cl)c1)S(C)(=O)=O. The van der Waals surface area contributed by atoms with Gasteiger partial charge in [-0.1, -0.05) is 82.8 Å². The van der Waals surface area contributed by atoms with Crippen molar-refractivity contribution in [3.63, 3.8) is 0 Å². The molecular formula is C27H27Cl4N3O4S. The molecule has 208 valence electrons. The molecule has 7 nitrogen and oxygen atoms in total. The van der Waals surface area contributed by atoms with Crippen molar-refractivity contribution in [2.45, 2.75) is 25.9 Å². The van der Waals surface area contributed by atoms with Crippen LogP contribution in [0.25, 0.3) is 0 Å². The first-order valence-electron chi connectivity index (χ1n) is 11.9. The molecule has 0 saturated heterocycles. The zero-order valence-electron chi connectivity index (χ0n) is 21.2. The third kappa shape index (κ3) is 8.50. The van der Waals surface area contributed by atoms with Gasteiger partial charge in [0.05, 0.1) is 32.0 Å². The number of sulfonamides is 1. The molecule has 0 aliphatic rings. The van der Waals surface area contributed by atoms with E-state index in [9.17, 15) is 18.0 Å². The molecule has 3 aromatic rings. The van der Waals surface area contributed by atoms with Crippen molar-refractivity contribution < 1.29 is 18.0 Å². The largest absolute Gasteiger partial charge is 0.355 e. The minimum absolute atomic E-state index is 0.0245. The van der Waals surface area contributed by atoms with Crippen LogP contribution >= 0.6 is 46.4 Å². The van der Waals surface area contributed by atoms with Crippen LogP contribution in [0, 0.1) is 0 Å². The van der Waals surface area contributed by atoms with Gasteiger partial charge >= 0.3 is 0 Å². The van der Waals surface area contributed by atoms with Gasteiger partial charge < -0.3 is 10.2 Å². The Balaban J connectivity index is 2.07. The van der Waals surface area contributed by atoms with E-state index in [1.54, 1.807) is 25.1 Å². The van der Waals surface area contributed by atoms with Gasteiger partial charge in [-0.25, -0.2) is 8.42 Å². The molecule has 0 unspecified atom stereocenters. The molecule has 0 bridgehead atoms. The predicted molar refractivity (Wildman–Crippen MR) is 158 cm³/mol. The highest BCUT2D eigenvalue weighted by Gasteiger charge is 2.33. The van der Waals surface area contributed by atoms with E-state index in [1.165, 1.54) is 23.1 Å². The molecule has 1 N–H and O–H groups in total. The van der Waals surface area contributed by atoms with Gasteiger partial charge in [0, 0.05) is 19.5 Å². The van der Waals surface area contributed by atoms with Gasteiger partial charge in [-0.3, -0.25) is 13.9 Å². The molecule has 0 spiro atoms. The van der Waals surface area contributed by atoms with Gasteiger partial charge in [-0.15, -0.1) is 0 Å². The van der Waals surface area contributed by atoms with E-state index in [1.807, 2.05) is 30.3 Å². The lowest BCUT2D eigenvalue weighted by atomic mass is 10.0. The van der Waals surface area contributed by atoms with Crippen LogP contribution in [0.3, 0.4) is 0 Å². The summed E-state index contributed by atoms with van der Waals surface area (Å²) < 4.78 is 26.5. The first-order valence-corrected chi connectivity index (χ1v) is 15.2. The molecule has 0 heterocycles. The molecule has 12 heteroatoms. The van der Waals surface area contributed by atoms with Crippen LogP contribution in [-0.2, 0) is 32.6 Å². The maximum atomic E-state index is 13.9. The molecule has 0 radical (unpaired) electrons. The summed E-state index contributed by atoms with van der Waals surface area (Å²) in [5.41, 5.74) is 1.60. The normalized spacial score (nSPS) is 12.1. The van der Waals surface area contributed by atoms with E-state index in [0.717, 1.165) is 16.1 Å². The Bertz CT molecular complexity index is 1440. The number of rotatable bonds is 11. The molecule has 0 saturated carbocycles. The zero-order chi connectivity index (χ0) is 28.7. The van der Waals surface area contributed by atoms with Crippen molar-refractivity contribution in [2.75, 3.05) is 23.7 Å². The molecule has 0 aliphatic heterocycles. The molecule has 3 aromatic carbocycles. The van der Waals surface area contributed by atoms with Gasteiger partial charge in [0.2, 0.25) is 21.8 Å². The minimum atomic E-state index is -3.93. The van der Waals surface area contributed by atoms with Gasteiger partial charge in [-0.05, 0) is 48.4 Å². The lowest BCUT2D eigenvalue weighted by Crippen LogP contribution is -2.53. The van der Waals surface area contributed by atoms with Crippen LogP contribution < -0.4 is 9.62 Å². The highest BCUT2D eigenvalue weighted by molar-refractivity contribution is 7.92. The maximum absolute atomic E-state index is 13.9. The number of carbonyl (C=O) groups is 2. The van der Waals surface area contributed by atoms with Gasteiger partial charge in [0.1, 0.15) is 12.6 Å². The third-order valence-electron chi connectivity index (χ3n) is 5.83. The average Bonchev–Trinajstić information content (AvgIpc) is 2.88. The second-order valence-corrected chi connectivity index (χ2v) is 12.3. The third-order valence-corrected chi connectivity index (χ3v) is 8.45. The number of nitrogens with zero attached hydrogens (tertiary/aromatic N) is 2. The van der Waals surface area contributed by atoms with Crippen molar-refractivity contribution in [1.82, 2.24) is 10.2 Å². The number of nitrogens with one attached hydrogen (secondary N) is 1. The number of halogens is 4. The van der Waals surface area contributed by atoms with Crippen LogP contribution in [0.15, 0.2) is 66.7 Å². The summed E-state index contributed by atoms with van der Waals surface area (Å²) in [6, 6.07) is 17.4. The van der Waals surface area contributed by atoms with Gasteiger partial charge in [-0.2, -0.15) is 0 Å². The second-order valence-electron chi connectivity index (χ2n) is 8.74. The standard InChI is InChI=1S/C27H27Cl4N3O4S/c1-3-32-27(36)25(14-18-7-5-4-6-8-18)33(16-19-9-11-21(28)23(30)13-19)26(35)17-34(39(2,37)38)20-10-12-22(29)24(31)15-20/h4-13,15,25H,3,14,16-17H2,1-2H3,(H,32,36)/t25-/m0/s1. The summed E-state index contributed by atoms with van der Waals surface area (Å²) in [6.45, 7) is 1.52. The maximum Gasteiger partial charge on any atom is 0.244 e. The number of hydrogen-bond donors (Lipinski definition) is 1. The summed E-state index contributed by atoms with van der Waals surface area (Å²) in [7, 11) is -3.93. The van der Waals surface area contributed by atoms with E-state index in [4.69, 9.17) is 46.4 Å². The van der Waals surface area contributed by atoms with Crippen LogP contribution in [0.5, 0.6) is 0 Å². The van der Waals surface area contributed by atoms with Gasteiger partial charge in [0.15, 0.2) is 0 Å². The Morgan fingerprint density at radius 2 is 1.46 bits per heavy atom. The molecule has 3 rings (SSSR count). The molecule has 0 aromatic heterocycles. The van der Waals surface area contributed by atoms with Crippen molar-refractivity contribution in [3.8, 4) is 0 Å². The monoisotopic (exact) mass is 629 g/mol. The van der Waals surface area contributed by atoms with E-state index >= 15 is 0 Å². The Morgan fingerprint density at radius 3 is 2.03 bits per heavy atom. The van der Waals surface area contributed by atoms with Crippen LogP contribution in [0.4, 0.5) is 5.69 Å². The van der Waals surface area contributed by atoms with Gasteiger partial charge in [0.25, 0.3) is 0 Å². The highest BCUT2D eigenvalue weighted by atomic mass is 35.5. The number of hydrogen-bond acceptors (Lipinski definition) is 4. The first-order chi connectivity index (χ1) is 18.4. The Hall–Kier alpha value is -2.49. The number of likely N-dealkylation sites (N-methyl/N-ethyl adjacent to an activating group) is 1. The fraction of sp³-hybridized carbons (Fsp3) is 0.259. The Kier molecular flexibility index (Phi) is 10.9. The van der Waals surface area contributed by atoms with Crippen LogP contribution in [0.2, 0.25) is 20.1 Å². The zero-order valence-corrected chi connectivity index (χ0v) is 25.0. The lowest BCUT2D eigenvalue weighted by Gasteiger charge is -2.33. The second kappa shape index (κ2) is 13.7. The fourth-order valence-corrected chi connectivity index (χ4v) is 5.39. The van der Waals surface area contributed by atoms with Crippen LogP contribution in [0.1, 0.15) is 18.1 Å². The molecule has 0 aliphatic carbocycles. The Morgan fingerprint density at radius 1 is 0.846 bits per heavy atom. The van der Waals surface area contributed by atoms with Crippen molar-refractivity contribution in [2.24, 2.45) is 0 Å². The lowest BCUT2D eigenvalue weighted by molar-refractivity contribution is -0.140. The summed E-state index contributed by atoms with van der Waals surface area (Å²) in [4.78, 5) is 28.6. The Labute approximate surface area is 248 Å². The number of carbonyl (C=O) groups excluding carboxylic acids is 2. The quantitative estimate of drug-likeness (QED) is 0.288. The van der Waals surface area contributed by atoms with E-state index in [2.05, 4.69) is 5.32 Å². The van der Waals surface area contributed by atoms with E-state index < -0.39 is 28.5 Å². The smallest absolute Gasteiger partial charge is 0.244 e. The van der Waals surface area contributed by atoms with E-state index in [0.29, 0.717) is 17.1 Å². The number of anilines is 1. The topological polar surface area (TPSA) is 86.8 Å². The van der Waals surface area contributed by atoms with Crippen molar-refractivity contribution in [3.05, 3.63) is 97.9 Å². The highest BCUT2D eigenvalue weighted by Crippen LogP contribution is 2.29. The molecule has 2 amide bonds. The minimum Gasteiger partial charge on any atom is -0.355 e. The first kappa shape index (κ1) is 31.0. The van der Waals surface area contributed by atoms with E-state index in [-0.39, 0.29) is 39.6 Å². The fourth-order valence-electron chi connectivity index (χ4n) is 3.93. The van der Waals surface area contributed by atoms with Crippen LogP contribution in [-0.4, -0.2) is 50.5 Å². The summed E-state index contributed by atoms with van der Waals surface area (Å²) in [5, 5.41) is 3.78. The summed E-state index contributed by atoms with van der Waals surface area (Å²) in [6.07, 6.45) is 1.18.